The van der Waals surface area contributed by atoms with E-state index in [1.807, 2.05) is 0 Å². The summed E-state index contributed by atoms with van der Waals surface area (Å²) in [6.07, 6.45) is 7.04. The van der Waals surface area contributed by atoms with Gasteiger partial charge in [-0.3, -0.25) is 4.90 Å². The zero-order valence-electron chi connectivity index (χ0n) is 11.2. The molecule has 1 N–H and O–H groups in total. The lowest BCUT2D eigenvalue weighted by atomic mass is 9.96. The quantitative estimate of drug-likeness (QED) is 0.794. The molecule has 0 saturated carbocycles. The van der Waals surface area contributed by atoms with Gasteiger partial charge in [0, 0.05) is 18.6 Å². The molecular formula is C14H27N3. The van der Waals surface area contributed by atoms with Gasteiger partial charge in [-0.05, 0) is 71.2 Å². The van der Waals surface area contributed by atoms with Crippen molar-refractivity contribution in [3.8, 4) is 0 Å². The second-order valence-electron chi connectivity index (χ2n) is 6.30. The lowest BCUT2D eigenvalue weighted by molar-refractivity contribution is 0.208. The number of fused-ring (bicyclic) bond motifs is 1. The van der Waals surface area contributed by atoms with Gasteiger partial charge in [0.15, 0.2) is 0 Å². The van der Waals surface area contributed by atoms with E-state index in [0.29, 0.717) is 0 Å². The van der Waals surface area contributed by atoms with Gasteiger partial charge in [-0.1, -0.05) is 0 Å². The van der Waals surface area contributed by atoms with Gasteiger partial charge in [-0.2, -0.15) is 0 Å². The zero-order chi connectivity index (χ0) is 11.7. The Hall–Kier alpha value is -0.120. The first-order valence-corrected chi connectivity index (χ1v) is 7.49. The maximum Gasteiger partial charge on any atom is 0.0250 e. The van der Waals surface area contributed by atoms with Gasteiger partial charge in [-0.15, -0.1) is 0 Å². The van der Waals surface area contributed by atoms with Crippen molar-refractivity contribution in [2.75, 3.05) is 39.8 Å². The summed E-state index contributed by atoms with van der Waals surface area (Å²) in [6.45, 7) is 6.56. The van der Waals surface area contributed by atoms with Crippen LogP contribution in [0.4, 0.5) is 0 Å². The highest BCUT2D eigenvalue weighted by atomic mass is 15.2. The van der Waals surface area contributed by atoms with E-state index in [0.717, 1.165) is 18.0 Å². The summed E-state index contributed by atoms with van der Waals surface area (Å²) in [5.41, 5.74) is 0. The van der Waals surface area contributed by atoms with E-state index in [4.69, 9.17) is 0 Å². The molecular weight excluding hydrogens is 210 g/mol. The van der Waals surface area contributed by atoms with E-state index in [9.17, 15) is 0 Å². The second-order valence-corrected chi connectivity index (χ2v) is 6.30. The largest absolute Gasteiger partial charge is 0.312 e. The van der Waals surface area contributed by atoms with Gasteiger partial charge in [0.1, 0.15) is 0 Å². The Morgan fingerprint density at radius 2 is 1.82 bits per heavy atom. The van der Waals surface area contributed by atoms with Gasteiger partial charge >= 0.3 is 0 Å². The molecule has 3 fully saturated rings. The van der Waals surface area contributed by atoms with Crippen LogP contribution in [0.5, 0.6) is 0 Å². The van der Waals surface area contributed by atoms with Crippen molar-refractivity contribution in [2.45, 2.75) is 44.2 Å². The van der Waals surface area contributed by atoms with E-state index >= 15 is 0 Å². The van der Waals surface area contributed by atoms with Crippen LogP contribution in [0.25, 0.3) is 0 Å². The smallest absolute Gasteiger partial charge is 0.0250 e. The van der Waals surface area contributed by atoms with Crippen LogP contribution in [0.1, 0.15) is 32.1 Å². The van der Waals surface area contributed by atoms with Crippen LogP contribution in [0.15, 0.2) is 0 Å². The molecule has 0 spiro atoms. The lowest BCUT2D eigenvalue weighted by Gasteiger charge is -2.30. The first-order chi connectivity index (χ1) is 8.33. The molecule has 0 aliphatic carbocycles. The van der Waals surface area contributed by atoms with Crippen LogP contribution < -0.4 is 5.32 Å². The third kappa shape index (κ3) is 2.67. The first kappa shape index (κ1) is 11.9. The maximum atomic E-state index is 3.88. The fourth-order valence-corrected chi connectivity index (χ4v) is 3.90. The molecule has 3 saturated heterocycles. The molecule has 3 nitrogen and oxygen atoms in total. The minimum Gasteiger partial charge on any atom is -0.312 e. The van der Waals surface area contributed by atoms with Crippen LogP contribution in [-0.4, -0.2) is 61.7 Å². The van der Waals surface area contributed by atoms with Crippen LogP contribution in [0, 0.1) is 5.92 Å². The molecule has 0 amide bonds. The molecule has 2 atom stereocenters. The zero-order valence-corrected chi connectivity index (χ0v) is 11.2. The predicted octanol–water partition coefficient (Wildman–Crippen LogP) is 1.15. The Balaban J connectivity index is 1.42. The van der Waals surface area contributed by atoms with Gasteiger partial charge in [0.25, 0.3) is 0 Å². The van der Waals surface area contributed by atoms with Crippen molar-refractivity contribution in [3.63, 3.8) is 0 Å². The fourth-order valence-electron chi connectivity index (χ4n) is 3.90. The Morgan fingerprint density at radius 1 is 1.00 bits per heavy atom. The molecule has 2 unspecified atom stereocenters. The van der Waals surface area contributed by atoms with E-state index in [1.165, 1.54) is 64.8 Å². The van der Waals surface area contributed by atoms with Crippen molar-refractivity contribution >= 4 is 0 Å². The molecule has 0 aromatic carbocycles. The third-order valence-electron chi connectivity index (χ3n) is 5.11. The van der Waals surface area contributed by atoms with Gasteiger partial charge in [-0.25, -0.2) is 0 Å². The van der Waals surface area contributed by atoms with E-state index < -0.39 is 0 Å². The average molecular weight is 237 g/mol. The number of nitrogens with one attached hydrogen (secondary N) is 1. The van der Waals surface area contributed by atoms with E-state index in [1.54, 1.807) is 0 Å². The summed E-state index contributed by atoms with van der Waals surface area (Å²) >= 11 is 0. The van der Waals surface area contributed by atoms with Crippen molar-refractivity contribution in [1.29, 1.82) is 0 Å². The molecule has 3 rings (SSSR count). The van der Waals surface area contributed by atoms with Crippen LogP contribution in [-0.2, 0) is 0 Å². The van der Waals surface area contributed by atoms with Gasteiger partial charge in [0.2, 0.25) is 0 Å². The summed E-state index contributed by atoms with van der Waals surface area (Å²) < 4.78 is 0. The molecule has 98 valence electrons. The Morgan fingerprint density at radius 3 is 2.65 bits per heavy atom. The molecule has 3 aliphatic rings. The number of rotatable bonds is 3. The molecule has 0 bridgehead atoms. The van der Waals surface area contributed by atoms with Crippen LogP contribution >= 0.6 is 0 Å². The number of hydrogen-bond donors (Lipinski definition) is 1. The van der Waals surface area contributed by atoms with E-state index in [-0.39, 0.29) is 0 Å². The predicted molar refractivity (Wildman–Crippen MR) is 71.2 cm³/mol. The number of piperidine rings is 1. The molecule has 3 aliphatic heterocycles. The van der Waals surface area contributed by atoms with E-state index in [2.05, 4.69) is 22.2 Å². The van der Waals surface area contributed by atoms with Gasteiger partial charge < -0.3 is 10.2 Å². The second kappa shape index (κ2) is 5.25. The number of hydrogen-bond acceptors (Lipinski definition) is 3. The van der Waals surface area contributed by atoms with Crippen molar-refractivity contribution in [3.05, 3.63) is 0 Å². The summed E-state index contributed by atoms with van der Waals surface area (Å²) in [4.78, 5) is 5.16. The van der Waals surface area contributed by atoms with Crippen molar-refractivity contribution in [2.24, 2.45) is 5.92 Å². The molecule has 3 heterocycles. The van der Waals surface area contributed by atoms with Crippen molar-refractivity contribution in [1.82, 2.24) is 15.1 Å². The highest BCUT2D eigenvalue weighted by Crippen LogP contribution is 2.28. The van der Waals surface area contributed by atoms with Crippen molar-refractivity contribution < 1.29 is 0 Å². The Bertz CT molecular complexity index is 248. The minimum absolute atomic E-state index is 0.803. The van der Waals surface area contributed by atoms with Crippen LogP contribution in [0.3, 0.4) is 0 Å². The number of nitrogens with zero attached hydrogens (tertiary/aromatic N) is 2. The molecule has 3 heteroatoms. The SMILES string of the molecule is CN1CCC(CNC2CCN3CCCC23)CC1. The summed E-state index contributed by atoms with van der Waals surface area (Å²) in [5.74, 6) is 0.932. The third-order valence-corrected chi connectivity index (χ3v) is 5.11. The summed E-state index contributed by atoms with van der Waals surface area (Å²) in [5, 5.41) is 3.88. The Labute approximate surface area is 106 Å². The fraction of sp³-hybridized carbons (Fsp3) is 1.00. The number of likely N-dealkylation sites (tertiary alicyclic amines) is 1. The molecule has 0 aromatic heterocycles. The monoisotopic (exact) mass is 237 g/mol. The average Bonchev–Trinajstić information content (AvgIpc) is 2.91. The first-order valence-electron chi connectivity index (χ1n) is 7.49. The lowest BCUT2D eigenvalue weighted by Crippen LogP contribution is -2.43. The molecule has 17 heavy (non-hydrogen) atoms. The summed E-state index contributed by atoms with van der Waals surface area (Å²) in [7, 11) is 2.25. The summed E-state index contributed by atoms with van der Waals surface area (Å²) in [6, 6.07) is 1.68. The minimum atomic E-state index is 0.803. The topological polar surface area (TPSA) is 18.5 Å². The standard InChI is InChI=1S/C14H27N3/c1-16-8-4-12(5-9-16)11-15-13-6-10-17-7-2-3-14(13)17/h12-15H,2-11H2,1H3. The van der Waals surface area contributed by atoms with Crippen LogP contribution in [0.2, 0.25) is 0 Å². The molecule has 0 aromatic rings. The maximum absolute atomic E-state index is 3.88. The highest BCUT2D eigenvalue weighted by molar-refractivity contribution is 4.95. The highest BCUT2D eigenvalue weighted by Gasteiger charge is 2.36. The normalized spacial score (nSPS) is 36.5. The molecule has 0 radical (unpaired) electrons. The van der Waals surface area contributed by atoms with Gasteiger partial charge in [0.05, 0.1) is 0 Å². The Kier molecular flexibility index (Phi) is 3.69.